The van der Waals surface area contributed by atoms with Crippen LogP contribution in [0.15, 0.2) is 30.5 Å². The van der Waals surface area contributed by atoms with Gasteiger partial charge in [-0.15, -0.1) is 5.10 Å². The molecule has 6 nitrogen and oxygen atoms in total. The summed E-state index contributed by atoms with van der Waals surface area (Å²) in [6, 6.07) is 8.20. The van der Waals surface area contributed by atoms with E-state index in [2.05, 4.69) is 32.0 Å². The standard InChI is InChI=1S/C16H19N5OS/c1-12-11-21-15(17-12)23-16(18-21)20-9-7-19(8-10-20)13-5-3-4-6-14(13)22-2/h3-6,11H,7-10H2,1-2H3. The summed E-state index contributed by atoms with van der Waals surface area (Å²) in [4.78, 5) is 10.1. The van der Waals surface area contributed by atoms with Gasteiger partial charge in [0.15, 0.2) is 0 Å². The van der Waals surface area contributed by atoms with E-state index in [1.807, 2.05) is 29.8 Å². The van der Waals surface area contributed by atoms with Crippen molar-refractivity contribution in [2.24, 2.45) is 0 Å². The van der Waals surface area contributed by atoms with Gasteiger partial charge in [0.05, 0.1) is 24.7 Å². The third-order valence-corrected chi connectivity index (χ3v) is 5.11. The van der Waals surface area contributed by atoms with Gasteiger partial charge in [-0.1, -0.05) is 23.5 Å². The number of hydrogen-bond donors (Lipinski definition) is 0. The number of anilines is 2. The Bertz CT molecular complexity index is 787. The molecule has 0 amide bonds. The molecule has 3 aromatic rings. The molecule has 3 heterocycles. The van der Waals surface area contributed by atoms with Crippen LogP contribution in [0.2, 0.25) is 0 Å². The van der Waals surface area contributed by atoms with Crippen molar-refractivity contribution in [3.05, 3.63) is 36.2 Å². The number of rotatable bonds is 3. The molecule has 4 rings (SSSR count). The smallest absolute Gasteiger partial charge is 0.214 e. The van der Waals surface area contributed by atoms with Gasteiger partial charge in [-0.05, 0) is 19.1 Å². The third kappa shape index (κ3) is 2.61. The number of nitrogens with zero attached hydrogens (tertiary/aromatic N) is 5. The Morgan fingerprint density at radius 1 is 1.09 bits per heavy atom. The maximum Gasteiger partial charge on any atom is 0.214 e. The highest BCUT2D eigenvalue weighted by Crippen LogP contribution is 2.30. The first-order chi connectivity index (χ1) is 11.2. The Kier molecular flexibility index (Phi) is 3.57. The summed E-state index contributed by atoms with van der Waals surface area (Å²) < 4.78 is 7.35. The van der Waals surface area contributed by atoms with Crippen molar-refractivity contribution in [3.8, 4) is 5.75 Å². The van der Waals surface area contributed by atoms with Gasteiger partial charge in [-0.2, -0.15) is 0 Å². The van der Waals surface area contributed by atoms with Crippen molar-refractivity contribution in [2.45, 2.75) is 6.92 Å². The second-order valence-electron chi connectivity index (χ2n) is 5.64. The van der Waals surface area contributed by atoms with Crippen LogP contribution >= 0.6 is 11.3 Å². The predicted octanol–water partition coefficient (Wildman–Crippen LogP) is 2.43. The molecule has 120 valence electrons. The van der Waals surface area contributed by atoms with E-state index in [-0.39, 0.29) is 0 Å². The maximum absolute atomic E-state index is 5.47. The lowest BCUT2D eigenvalue weighted by Crippen LogP contribution is -2.46. The molecule has 2 aromatic heterocycles. The molecule has 0 aliphatic carbocycles. The number of ether oxygens (including phenoxy) is 1. The van der Waals surface area contributed by atoms with Crippen LogP contribution in [0.1, 0.15) is 5.69 Å². The zero-order chi connectivity index (χ0) is 15.8. The average Bonchev–Trinajstić information content (AvgIpc) is 3.12. The zero-order valence-electron chi connectivity index (χ0n) is 13.3. The van der Waals surface area contributed by atoms with Crippen LogP contribution in [0.4, 0.5) is 10.8 Å². The van der Waals surface area contributed by atoms with Crippen LogP contribution in [0.5, 0.6) is 5.75 Å². The molecule has 1 aliphatic heterocycles. The van der Waals surface area contributed by atoms with E-state index in [9.17, 15) is 0 Å². The number of aromatic nitrogens is 3. The molecule has 1 fully saturated rings. The van der Waals surface area contributed by atoms with E-state index >= 15 is 0 Å². The van der Waals surface area contributed by atoms with Gasteiger partial charge >= 0.3 is 0 Å². The Morgan fingerprint density at radius 2 is 1.83 bits per heavy atom. The summed E-state index contributed by atoms with van der Waals surface area (Å²) in [5, 5.41) is 5.69. The Morgan fingerprint density at radius 3 is 2.57 bits per heavy atom. The normalized spacial score (nSPS) is 15.4. The minimum atomic E-state index is 0.934. The zero-order valence-corrected chi connectivity index (χ0v) is 14.1. The minimum absolute atomic E-state index is 0.934. The van der Waals surface area contributed by atoms with E-state index in [4.69, 9.17) is 4.74 Å². The largest absolute Gasteiger partial charge is 0.495 e. The van der Waals surface area contributed by atoms with Crippen LogP contribution in [0, 0.1) is 6.92 Å². The Labute approximate surface area is 138 Å². The Hall–Kier alpha value is -2.28. The van der Waals surface area contributed by atoms with E-state index in [0.29, 0.717) is 0 Å². The highest BCUT2D eigenvalue weighted by atomic mass is 32.1. The first kappa shape index (κ1) is 14.3. The second kappa shape index (κ2) is 5.73. The van der Waals surface area contributed by atoms with Crippen molar-refractivity contribution in [1.29, 1.82) is 0 Å². The molecule has 7 heteroatoms. The lowest BCUT2D eigenvalue weighted by Gasteiger charge is -2.36. The summed E-state index contributed by atoms with van der Waals surface area (Å²) in [6.07, 6.45) is 1.97. The molecule has 0 radical (unpaired) electrons. The van der Waals surface area contributed by atoms with Crippen molar-refractivity contribution < 1.29 is 4.74 Å². The SMILES string of the molecule is COc1ccccc1N1CCN(c2nn3cc(C)nc3s2)CC1. The molecule has 0 saturated carbocycles. The fourth-order valence-electron chi connectivity index (χ4n) is 2.96. The number of methoxy groups -OCH3 is 1. The first-order valence-corrected chi connectivity index (χ1v) is 8.52. The molecule has 1 aliphatic rings. The number of imidazole rings is 1. The van der Waals surface area contributed by atoms with E-state index in [1.54, 1.807) is 18.4 Å². The molecule has 0 N–H and O–H groups in total. The first-order valence-electron chi connectivity index (χ1n) is 7.70. The van der Waals surface area contributed by atoms with Crippen LogP contribution in [0.25, 0.3) is 4.96 Å². The van der Waals surface area contributed by atoms with Gasteiger partial charge < -0.3 is 14.5 Å². The molecule has 0 bridgehead atoms. The van der Waals surface area contributed by atoms with Crippen molar-refractivity contribution >= 4 is 27.1 Å². The highest BCUT2D eigenvalue weighted by Gasteiger charge is 2.22. The van der Waals surface area contributed by atoms with E-state index < -0.39 is 0 Å². The van der Waals surface area contributed by atoms with Crippen molar-refractivity contribution in [2.75, 3.05) is 43.1 Å². The molecule has 0 atom stereocenters. The summed E-state index contributed by atoms with van der Waals surface area (Å²) in [6.45, 7) is 5.82. The van der Waals surface area contributed by atoms with Gasteiger partial charge in [0, 0.05) is 26.2 Å². The summed E-state index contributed by atoms with van der Waals surface area (Å²) in [5.41, 5.74) is 2.18. The van der Waals surface area contributed by atoms with Crippen molar-refractivity contribution in [1.82, 2.24) is 14.6 Å². The summed E-state index contributed by atoms with van der Waals surface area (Å²) >= 11 is 1.65. The molecule has 0 spiro atoms. The van der Waals surface area contributed by atoms with Gasteiger partial charge in [-0.3, -0.25) is 0 Å². The fraction of sp³-hybridized carbons (Fsp3) is 0.375. The number of para-hydroxylation sites is 2. The molecular weight excluding hydrogens is 310 g/mol. The van der Waals surface area contributed by atoms with Crippen LogP contribution in [0.3, 0.4) is 0 Å². The minimum Gasteiger partial charge on any atom is -0.495 e. The number of fused-ring (bicyclic) bond motifs is 1. The lowest BCUT2D eigenvalue weighted by molar-refractivity contribution is 0.413. The number of aryl methyl sites for hydroxylation is 1. The number of piperazine rings is 1. The highest BCUT2D eigenvalue weighted by molar-refractivity contribution is 7.20. The number of benzene rings is 1. The topological polar surface area (TPSA) is 45.9 Å². The average molecular weight is 329 g/mol. The van der Waals surface area contributed by atoms with Gasteiger partial charge in [-0.25, -0.2) is 9.50 Å². The van der Waals surface area contributed by atoms with Gasteiger partial charge in [0.1, 0.15) is 5.75 Å². The fourth-order valence-corrected chi connectivity index (χ4v) is 3.94. The lowest BCUT2D eigenvalue weighted by atomic mass is 10.2. The molecule has 1 aromatic carbocycles. The van der Waals surface area contributed by atoms with E-state index in [1.165, 1.54) is 5.69 Å². The monoisotopic (exact) mass is 329 g/mol. The second-order valence-corrected chi connectivity index (χ2v) is 6.57. The molecule has 23 heavy (non-hydrogen) atoms. The van der Waals surface area contributed by atoms with Crippen LogP contribution in [-0.4, -0.2) is 47.9 Å². The van der Waals surface area contributed by atoms with Crippen molar-refractivity contribution in [3.63, 3.8) is 0 Å². The van der Waals surface area contributed by atoms with Crippen LogP contribution in [-0.2, 0) is 0 Å². The van der Waals surface area contributed by atoms with Gasteiger partial charge in [0.2, 0.25) is 10.1 Å². The predicted molar refractivity (Wildman–Crippen MR) is 93.0 cm³/mol. The maximum atomic E-state index is 5.47. The molecule has 1 saturated heterocycles. The van der Waals surface area contributed by atoms with E-state index in [0.717, 1.165) is 47.7 Å². The summed E-state index contributed by atoms with van der Waals surface area (Å²) in [7, 11) is 1.72. The Balaban J connectivity index is 1.49. The quantitative estimate of drug-likeness (QED) is 0.738. The van der Waals surface area contributed by atoms with Gasteiger partial charge in [0.25, 0.3) is 0 Å². The summed E-state index contributed by atoms with van der Waals surface area (Å²) in [5.74, 6) is 0.934. The molecule has 0 unspecified atom stereocenters. The number of hydrogen-bond acceptors (Lipinski definition) is 6. The third-order valence-electron chi connectivity index (χ3n) is 4.13. The molecular formula is C16H19N5OS. The van der Waals surface area contributed by atoms with Crippen LogP contribution < -0.4 is 14.5 Å².